The number of benzene rings is 1. The van der Waals surface area contributed by atoms with Gasteiger partial charge in [-0.1, -0.05) is 6.07 Å². The van der Waals surface area contributed by atoms with Crippen LogP contribution in [0.3, 0.4) is 0 Å². The molecule has 0 saturated heterocycles. The summed E-state index contributed by atoms with van der Waals surface area (Å²) in [5.74, 6) is -1.25. The average Bonchev–Trinajstić information content (AvgIpc) is 2.61. The number of rotatable bonds is 9. The standard InChI is InChI=1S/C18H25N3O6S/c1-18(2,3)20-15(22)11-27-17(24)14(8-9-28-4)19-16(23)12-6-5-7-13(10-12)21(25)26/h5-7,10,14H,8-9,11H2,1-4H3,(H,19,23)(H,20,22)/t14-/m1/s1. The van der Waals surface area contributed by atoms with E-state index in [9.17, 15) is 24.5 Å². The number of non-ortho nitro benzene ring substituents is 1. The summed E-state index contributed by atoms with van der Waals surface area (Å²) in [5.41, 5.74) is -0.630. The van der Waals surface area contributed by atoms with Gasteiger partial charge in [0.05, 0.1) is 4.92 Å². The van der Waals surface area contributed by atoms with Gasteiger partial charge in [-0.3, -0.25) is 19.7 Å². The van der Waals surface area contributed by atoms with Crippen LogP contribution in [0.25, 0.3) is 0 Å². The van der Waals surface area contributed by atoms with Gasteiger partial charge in [0.2, 0.25) is 0 Å². The molecule has 28 heavy (non-hydrogen) atoms. The lowest BCUT2D eigenvalue weighted by Crippen LogP contribution is -2.45. The summed E-state index contributed by atoms with van der Waals surface area (Å²) in [6.45, 7) is 4.94. The van der Waals surface area contributed by atoms with Crippen molar-refractivity contribution < 1.29 is 24.0 Å². The molecular weight excluding hydrogens is 386 g/mol. The minimum Gasteiger partial charge on any atom is -0.454 e. The Bertz CT molecular complexity index is 732. The van der Waals surface area contributed by atoms with E-state index in [2.05, 4.69) is 10.6 Å². The van der Waals surface area contributed by atoms with Gasteiger partial charge < -0.3 is 15.4 Å². The van der Waals surface area contributed by atoms with Crippen molar-refractivity contribution in [3.05, 3.63) is 39.9 Å². The summed E-state index contributed by atoms with van der Waals surface area (Å²) in [4.78, 5) is 46.8. The highest BCUT2D eigenvalue weighted by atomic mass is 32.2. The molecule has 9 nitrogen and oxygen atoms in total. The van der Waals surface area contributed by atoms with Gasteiger partial charge in [-0.25, -0.2) is 4.79 Å². The summed E-state index contributed by atoms with van der Waals surface area (Å²) in [5, 5.41) is 16.0. The molecule has 1 aromatic rings. The number of carbonyl (C=O) groups excluding carboxylic acids is 3. The van der Waals surface area contributed by atoms with Crippen LogP contribution in [0.1, 0.15) is 37.6 Å². The Labute approximate surface area is 167 Å². The van der Waals surface area contributed by atoms with E-state index in [0.29, 0.717) is 12.2 Å². The Kier molecular flexibility index (Phi) is 8.90. The quantitative estimate of drug-likeness (QED) is 0.361. The van der Waals surface area contributed by atoms with Gasteiger partial charge in [0.1, 0.15) is 6.04 Å². The highest BCUT2D eigenvalue weighted by Gasteiger charge is 2.24. The molecule has 0 fully saturated rings. The lowest BCUT2D eigenvalue weighted by Gasteiger charge is -2.21. The fourth-order valence-electron chi connectivity index (χ4n) is 2.18. The van der Waals surface area contributed by atoms with Gasteiger partial charge in [-0.2, -0.15) is 11.8 Å². The Balaban J connectivity index is 2.77. The van der Waals surface area contributed by atoms with Crippen LogP contribution < -0.4 is 10.6 Å². The first-order valence-corrected chi connectivity index (χ1v) is 9.95. The maximum atomic E-state index is 12.4. The lowest BCUT2D eigenvalue weighted by atomic mass is 10.1. The van der Waals surface area contributed by atoms with Crippen molar-refractivity contribution in [1.82, 2.24) is 10.6 Å². The third-order valence-electron chi connectivity index (χ3n) is 3.38. The van der Waals surface area contributed by atoms with Gasteiger partial charge >= 0.3 is 5.97 Å². The number of nitro groups is 1. The summed E-state index contributed by atoms with van der Waals surface area (Å²) >= 11 is 1.48. The predicted molar refractivity (Wildman–Crippen MR) is 106 cm³/mol. The molecule has 1 atom stereocenters. The first-order valence-electron chi connectivity index (χ1n) is 8.55. The number of thioether (sulfide) groups is 1. The Morgan fingerprint density at radius 3 is 2.54 bits per heavy atom. The zero-order valence-electron chi connectivity index (χ0n) is 16.3. The van der Waals surface area contributed by atoms with Gasteiger partial charge in [-0.15, -0.1) is 0 Å². The molecule has 0 spiro atoms. The molecule has 0 heterocycles. The van der Waals surface area contributed by atoms with E-state index in [4.69, 9.17) is 4.74 Å². The van der Waals surface area contributed by atoms with Crippen molar-refractivity contribution in [2.75, 3.05) is 18.6 Å². The highest BCUT2D eigenvalue weighted by molar-refractivity contribution is 7.98. The molecule has 154 valence electrons. The molecule has 10 heteroatoms. The van der Waals surface area contributed by atoms with Crippen LogP contribution in [-0.2, 0) is 14.3 Å². The summed E-state index contributed by atoms with van der Waals surface area (Å²) < 4.78 is 5.02. The molecule has 0 radical (unpaired) electrons. The van der Waals surface area contributed by atoms with Crippen LogP contribution in [0.15, 0.2) is 24.3 Å². The second-order valence-corrected chi connectivity index (χ2v) is 8.01. The third kappa shape index (κ3) is 8.38. The normalized spacial score (nSPS) is 12.0. The summed E-state index contributed by atoms with van der Waals surface area (Å²) in [6, 6.07) is 4.23. The van der Waals surface area contributed by atoms with Crippen LogP contribution in [0, 0.1) is 10.1 Å². The monoisotopic (exact) mass is 411 g/mol. The second kappa shape index (κ2) is 10.6. The van der Waals surface area contributed by atoms with Crippen LogP contribution in [0.4, 0.5) is 5.69 Å². The zero-order valence-corrected chi connectivity index (χ0v) is 17.1. The van der Waals surface area contributed by atoms with Gasteiger partial charge in [0.15, 0.2) is 6.61 Å². The van der Waals surface area contributed by atoms with Crippen LogP contribution >= 0.6 is 11.8 Å². The minimum absolute atomic E-state index is 0.0571. The van der Waals surface area contributed by atoms with Crippen LogP contribution in [-0.4, -0.2) is 52.9 Å². The van der Waals surface area contributed by atoms with Crippen molar-refractivity contribution in [2.24, 2.45) is 0 Å². The highest BCUT2D eigenvalue weighted by Crippen LogP contribution is 2.13. The molecule has 0 aliphatic carbocycles. The molecule has 0 aromatic heterocycles. The molecule has 0 bridgehead atoms. The van der Waals surface area contributed by atoms with Crippen molar-refractivity contribution in [3.8, 4) is 0 Å². The molecule has 1 rings (SSSR count). The van der Waals surface area contributed by atoms with Crippen molar-refractivity contribution >= 4 is 35.2 Å². The molecule has 0 aliphatic heterocycles. The van der Waals surface area contributed by atoms with E-state index in [0.717, 1.165) is 6.07 Å². The average molecular weight is 411 g/mol. The number of nitrogens with one attached hydrogen (secondary N) is 2. The van der Waals surface area contributed by atoms with E-state index in [1.807, 2.05) is 6.26 Å². The first kappa shape index (κ1) is 23.4. The fourth-order valence-corrected chi connectivity index (χ4v) is 2.65. The topological polar surface area (TPSA) is 128 Å². The largest absolute Gasteiger partial charge is 0.454 e. The number of hydrogen-bond acceptors (Lipinski definition) is 7. The Hall–Kier alpha value is -2.62. The van der Waals surface area contributed by atoms with E-state index < -0.39 is 40.9 Å². The van der Waals surface area contributed by atoms with Crippen LogP contribution in [0.5, 0.6) is 0 Å². The molecule has 2 N–H and O–H groups in total. The lowest BCUT2D eigenvalue weighted by molar-refractivity contribution is -0.384. The maximum Gasteiger partial charge on any atom is 0.329 e. The van der Waals surface area contributed by atoms with E-state index in [-0.39, 0.29) is 11.3 Å². The Morgan fingerprint density at radius 2 is 1.96 bits per heavy atom. The number of esters is 1. The predicted octanol–water partition coefficient (Wildman–Crippen LogP) is 1.90. The number of carbonyl (C=O) groups is 3. The number of amides is 2. The minimum atomic E-state index is -0.971. The fraction of sp³-hybridized carbons (Fsp3) is 0.500. The van der Waals surface area contributed by atoms with Crippen molar-refractivity contribution in [1.29, 1.82) is 0 Å². The summed E-state index contributed by atoms with van der Waals surface area (Å²) in [6.07, 6.45) is 2.14. The summed E-state index contributed by atoms with van der Waals surface area (Å²) in [7, 11) is 0. The molecular formula is C18H25N3O6S. The molecule has 0 unspecified atom stereocenters. The van der Waals surface area contributed by atoms with Gasteiger partial charge in [0.25, 0.3) is 17.5 Å². The number of nitrogens with zero attached hydrogens (tertiary/aromatic N) is 1. The van der Waals surface area contributed by atoms with E-state index in [1.54, 1.807) is 20.8 Å². The molecule has 0 aliphatic rings. The SMILES string of the molecule is CSCC[C@@H](NC(=O)c1cccc([N+](=O)[O-])c1)C(=O)OCC(=O)NC(C)(C)C. The van der Waals surface area contributed by atoms with Gasteiger partial charge in [-0.05, 0) is 45.3 Å². The second-order valence-electron chi connectivity index (χ2n) is 7.02. The van der Waals surface area contributed by atoms with Crippen LogP contribution in [0.2, 0.25) is 0 Å². The van der Waals surface area contributed by atoms with Crippen molar-refractivity contribution in [2.45, 2.75) is 38.8 Å². The molecule has 2 amide bonds. The first-order chi connectivity index (χ1) is 13.0. The number of nitro benzene ring substituents is 1. The molecule has 1 aromatic carbocycles. The maximum absolute atomic E-state index is 12.4. The van der Waals surface area contributed by atoms with Gasteiger partial charge in [0, 0.05) is 23.2 Å². The van der Waals surface area contributed by atoms with Crippen molar-refractivity contribution in [3.63, 3.8) is 0 Å². The Morgan fingerprint density at radius 1 is 1.29 bits per heavy atom. The number of ether oxygens (including phenoxy) is 1. The number of hydrogen-bond donors (Lipinski definition) is 2. The zero-order chi connectivity index (χ0) is 21.3. The smallest absolute Gasteiger partial charge is 0.329 e. The third-order valence-corrected chi connectivity index (χ3v) is 4.02. The van der Waals surface area contributed by atoms with E-state index in [1.165, 1.54) is 30.0 Å². The molecule has 0 saturated carbocycles. The van der Waals surface area contributed by atoms with E-state index >= 15 is 0 Å².